The number of carboxylic acid groups (broad SMARTS) is 1. The Kier molecular flexibility index (Phi) is 11.8. The van der Waals surface area contributed by atoms with Crippen LogP contribution in [0.4, 0.5) is 0 Å². The number of nitrogens with zero attached hydrogens (tertiary/aromatic N) is 1. The van der Waals surface area contributed by atoms with Gasteiger partial charge in [-0.05, 0) is 35.4 Å². The first-order valence-corrected chi connectivity index (χ1v) is 11.5. The van der Waals surface area contributed by atoms with Gasteiger partial charge in [0.2, 0.25) is 17.7 Å². The van der Waals surface area contributed by atoms with Crippen molar-refractivity contribution in [2.45, 2.75) is 36.3 Å². The summed E-state index contributed by atoms with van der Waals surface area (Å²) in [6.07, 6.45) is -2.39. The van der Waals surface area contributed by atoms with Crippen molar-refractivity contribution in [1.29, 1.82) is 0 Å². The maximum absolute atomic E-state index is 12.5. The standard InChI is InChI=1S/C24H23N3O7S.2K.2H/c25-21(31)14-5-1-3-12(7-14)16(28)9-18-20(23(33)34)27-19(30)11-24(27,35-18)10-17(29)13-4-2-6-15(8-13)22(26)32;;;;/h1-8,16-17,28-29H,9-11H2,(H2,25,31)(H2,26,32)(H,33,34);;;;/t16-,17-,24?;;;;/m0..../s1. The number of carbonyl (C=O) groups is 4. The third-order valence-corrected chi connectivity index (χ3v) is 7.57. The van der Waals surface area contributed by atoms with Gasteiger partial charge in [0.1, 0.15) is 10.6 Å². The number of aliphatic carboxylic acids is 1. The number of fused-ring (bicyclic) bond motifs is 1. The third-order valence-electron chi connectivity index (χ3n) is 6.09. The predicted molar refractivity (Wildman–Crippen MR) is 140 cm³/mol. The molecule has 7 N–H and O–H groups in total. The number of benzene rings is 2. The van der Waals surface area contributed by atoms with Gasteiger partial charge in [-0.2, -0.15) is 0 Å². The molecule has 13 heteroatoms. The number of aliphatic hydroxyl groups is 2. The van der Waals surface area contributed by atoms with E-state index in [0.29, 0.717) is 11.1 Å². The van der Waals surface area contributed by atoms with E-state index in [0.717, 1.165) is 16.7 Å². The van der Waals surface area contributed by atoms with Gasteiger partial charge in [-0.15, -0.1) is 0 Å². The Hall–Kier alpha value is -0.397. The predicted octanol–water partition coefficient (Wildman–Crippen LogP) is 0.106. The van der Waals surface area contributed by atoms with Crippen molar-refractivity contribution in [3.63, 3.8) is 0 Å². The number of β-lactam (4-membered cyclic amide) rings is 1. The molecular formula is C24H25K2N3O7S. The minimum atomic E-state index is -1.33. The zero-order valence-electron chi connectivity index (χ0n) is 18.4. The molecule has 4 rings (SSSR count). The fourth-order valence-corrected chi connectivity index (χ4v) is 6.11. The molecule has 2 aromatic rings. The fraction of sp³-hybridized carbons (Fsp3) is 0.250. The number of amides is 3. The number of carboxylic acids is 1. The Labute approximate surface area is 302 Å². The molecule has 0 aliphatic carbocycles. The molecule has 0 spiro atoms. The van der Waals surface area contributed by atoms with Gasteiger partial charge < -0.3 is 26.8 Å². The van der Waals surface area contributed by atoms with Gasteiger partial charge in [0.25, 0.3) is 0 Å². The first-order chi connectivity index (χ1) is 16.5. The Morgan fingerprint density at radius 1 is 0.946 bits per heavy atom. The first-order valence-electron chi connectivity index (χ1n) is 10.7. The summed E-state index contributed by atoms with van der Waals surface area (Å²) in [6.45, 7) is 0. The van der Waals surface area contributed by atoms with Gasteiger partial charge in [-0.25, -0.2) is 4.79 Å². The van der Waals surface area contributed by atoms with Gasteiger partial charge in [0.15, 0.2) is 0 Å². The van der Waals surface area contributed by atoms with Gasteiger partial charge >= 0.3 is 109 Å². The molecule has 0 aromatic heterocycles. The van der Waals surface area contributed by atoms with E-state index < -0.39 is 40.8 Å². The Balaban J connectivity index is 0.00000241. The van der Waals surface area contributed by atoms with Crippen LogP contribution in [0.5, 0.6) is 0 Å². The van der Waals surface area contributed by atoms with Crippen LogP contribution < -0.4 is 11.5 Å². The molecule has 2 aliphatic rings. The first kappa shape index (κ1) is 32.8. The number of nitrogens with two attached hydrogens (primary N) is 2. The molecule has 3 amide bonds. The van der Waals surface area contributed by atoms with E-state index in [1.165, 1.54) is 24.3 Å². The maximum atomic E-state index is 12.5. The van der Waals surface area contributed by atoms with E-state index >= 15 is 0 Å². The second-order valence-corrected chi connectivity index (χ2v) is 9.91. The number of aliphatic hydroxyl groups excluding tert-OH is 2. The molecule has 1 fully saturated rings. The van der Waals surface area contributed by atoms with E-state index in [1.807, 2.05) is 0 Å². The second-order valence-electron chi connectivity index (χ2n) is 8.45. The zero-order chi connectivity index (χ0) is 25.5. The molecule has 10 nitrogen and oxygen atoms in total. The van der Waals surface area contributed by atoms with Crippen LogP contribution in [0.2, 0.25) is 0 Å². The second kappa shape index (κ2) is 13.3. The van der Waals surface area contributed by atoms with Crippen molar-refractivity contribution >= 4 is 138 Å². The van der Waals surface area contributed by atoms with Gasteiger partial charge in [-0.3, -0.25) is 19.3 Å². The third kappa shape index (κ3) is 6.85. The molecule has 0 bridgehead atoms. The number of hydrogen-bond acceptors (Lipinski definition) is 7. The average molecular weight is 578 g/mol. The summed E-state index contributed by atoms with van der Waals surface area (Å²) in [7, 11) is 0. The van der Waals surface area contributed by atoms with Crippen molar-refractivity contribution in [3.05, 3.63) is 81.4 Å². The van der Waals surface area contributed by atoms with Gasteiger partial charge in [-0.1, -0.05) is 36.0 Å². The number of carbonyl (C=O) groups excluding carboxylic acids is 3. The van der Waals surface area contributed by atoms with Crippen LogP contribution in [0.25, 0.3) is 0 Å². The Morgan fingerprint density at radius 3 is 1.92 bits per heavy atom. The molecule has 0 saturated carbocycles. The topological polar surface area (TPSA) is 184 Å². The zero-order valence-corrected chi connectivity index (χ0v) is 19.2. The van der Waals surface area contributed by atoms with Crippen molar-refractivity contribution in [2.75, 3.05) is 0 Å². The fourth-order valence-electron chi connectivity index (χ4n) is 4.41. The summed E-state index contributed by atoms with van der Waals surface area (Å²) in [5, 5.41) is 31.5. The minimum absolute atomic E-state index is 0. The molecule has 2 aromatic carbocycles. The van der Waals surface area contributed by atoms with Crippen molar-refractivity contribution < 1.29 is 34.5 Å². The molecule has 0 radical (unpaired) electrons. The molecule has 2 heterocycles. The Bertz CT molecular complexity index is 1290. The molecule has 186 valence electrons. The molecule has 37 heavy (non-hydrogen) atoms. The molecular weight excluding hydrogens is 553 g/mol. The van der Waals surface area contributed by atoms with Crippen LogP contribution in [0.15, 0.2) is 59.1 Å². The number of rotatable bonds is 9. The van der Waals surface area contributed by atoms with Gasteiger partial charge in [0, 0.05) is 28.9 Å². The van der Waals surface area contributed by atoms with E-state index in [-0.39, 0.29) is 144 Å². The summed E-state index contributed by atoms with van der Waals surface area (Å²) < 4.78 is 0. The van der Waals surface area contributed by atoms with Crippen molar-refractivity contribution in [2.24, 2.45) is 11.5 Å². The van der Waals surface area contributed by atoms with Crippen LogP contribution in [-0.4, -0.2) is 152 Å². The van der Waals surface area contributed by atoms with Crippen LogP contribution in [0.3, 0.4) is 0 Å². The van der Waals surface area contributed by atoms with Gasteiger partial charge in [0.05, 0.1) is 18.6 Å². The van der Waals surface area contributed by atoms with Crippen molar-refractivity contribution in [1.82, 2.24) is 4.90 Å². The van der Waals surface area contributed by atoms with Crippen LogP contribution >= 0.6 is 11.8 Å². The molecule has 1 saturated heterocycles. The van der Waals surface area contributed by atoms with E-state index in [9.17, 15) is 34.5 Å². The Morgan fingerprint density at radius 2 is 1.46 bits per heavy atom. The van der Waals surface area contributed by atoms with E-state index in [2.05, 4.69) is 0 Å². The monoisotopic (exact) mass is 577 g/mol. The summed E-state index contributed by atoms with van der Waals surface area (Å²) in [5.41, 5.74) is 11.6. The van der Waals surface area contributed by atoms with Crippen LogP contribution in [0, 0.1) is 0 Å². The number of primary amides is 2. The normalized spacial score (nSPS) is 19.6. The SMILES string of the molecule is NC(=O)c1cccc([C@@H](O)CC2=C(C(=O)O)N3C(=O)CC3(C[C@H](O)c3cccc(C(N)=O)c3)S2)c1.[KH].[KH]. The number of hydrogen-bond donors (Lipinski definition) is 5. The van der Waals surface area contributed by atoms with E-state index in [4.69, 9.17) is 11.5 Å². The van der Waals surface area contributed by atoms with Crippen molar-refractivity contribution in [3.8, 4) is 0 Å². The molecule has 2 aliphatic heterocycles. The summed E-state index contributed by atoms with van der Waals surface area (Å²) in [4.78, 5) is 47.9. The average Bonchev–Trinajstić information content (AvgIpc) is 3.06. The number of thioether (sulfide) groups is 1. The van der Waals surface area contributed by atoms with Crippen LogP contribution in [0.1, 0.15) is 63.3 Å². The summed E-state index contributed by atoms with van der Waals surface area (Å²) in [6, 6.07) is 12.2. The molecule has 1 unspecified atom stereocenters. The van der Waals surface area contributed by atoms with Crippen LogP contribution in [-0.2, 0) is 9.59 Å². The van der Waals surface area contributed by atoms with E-state index in [1.54, 1.807) is 24.3 Å². The summed E-state index contributed by atoms with van der Waals surface area (Å²) >= 11 is 1.12. The quantitative estimate of drug-likeness (QED) is 0.205. The summed E-state index contributed by atoms with van der Waals surface area (Å²) in [5.74, 6) is -3.05. The molecule has 3 atom stereocenters.